The Kier molecular flexibility index (Phi) is 4.23. The number of pyridine rings is 1. The quantitative estimate of drug-likeness (QED) is 0.867. The summed E-state index contributed by atoms with van der Waals surface area (Å²) >= 11 is 0. The summed E-state index contributed by atoms with van der Waals surface area (Å²) in [6, 6.07) is 5.22. The topological polar surface area (TPSA) is 42.4 Å². The van der Waals surface area contributed by atoms with Crippen molar-refractivity contribution in [1.29, 1.82) is 0 Å². The number of carbonyl (C=O) groups is 1. The van der Waals surface area contributed by atoms with E-state index >= 15 is 0 Å². The molecule has 0 unspecified atom stereocenters. The van der Waals surface area contributed by atoms with Gasteiger partial charge in [0.1, 0.15) is 11.6 Å². The number of carbonyl (C=O) groups excluding carboxylic acids is 1. The SMILES string of the molecule is Cc1ncc(-c2ccc(F)cc2F)cc1CN1CCCOC1=O. The molecule has 2 heterocycles. The van der Waals surface area contributed by atoms with Gasteiger partial charge in [-0.1, -0.05) is 0 Å². The Hall–Kier alpha value is -2.50. The molecule has 6 heteroatoms. The fraction of sp³-hybridized carbons (Fsp3) is 0.294. The van der Waals surface area contributed by atoms with Gasteiger partial charge in [-0.2, -0.15) is 0 Å². The highest BCUT2D eigenvalue weighted by molar-refractivity contribution is 5.69. The van der Waals surface area contributed by atoms with E-state index in [0.29, 0.717) is 25.3 Å². The summed E-state index contributed by atoms with van der Waals surface area (Å²) in [6.45, 7) is 3.24. The van der Waals surface area contributed by atoms with Crippen molar-refractivity contribution in [3.8, 4) is 11.1 Å². The lowest BCUT2D eigenvalue weighted by Gasteiger charge is -2.26. The minimum absolute atomic E-state index is 0.279. The molecule has 0 spiro atoms. The number of aromatic nitrogens is 1. The van der Waals surface area contributed by atoms with Crippen molar-refractivity contribution in [2.45, 2.75) is 19.9 Å². The zero-order valence-electron chi connectivity index (χ0n) is 12.7. The van der Waals surface area contributed by atoms with Crippen LogP contribution in [-0.2, 0) is 11.3 Å². The van der Waals surface area contributed by atoms with Crippen LogP contribution in [0.2, 0.25) is 0 Å². The average molecular weight is 318 g/mol. The van der Waals surface area contributed by atoms with Crippen LogP contribution in [-0.4, -0.2) is 29.1 Å². The Morgan fingerprint density at radius 1 is 1.30 bits per heavy atom. The molecule has 0 radical (unpaired) electrons. The van der Waals surface area contributed by atoms with Crippen molar-refractivity contribution < 1.29 is 18.3 Å². The van der Waals surface area contributed by atoms with E-state index in [1.165, 1.54) is 12.1 Å². The highest BCUT2D eigenvalue weighted by atomic mass is 19.1. The van der Waals surface area contributed by atoms with Gasteiger partial charge in [0, 0.05) is 35.6 Å². The van der Waals surface area contributed by atoms with Crippen molar-refractivity contribution >= 4 is 6.09 Å². The number of benzene rings is 1. The molecule has 1 aliphatic heterocycles. The molecule has 3 rings (SSSR count). The number of hydrogen-bond donors (Lipinski definition) is 0. The van der Waals surface area contributed by atoms with E-state index in [1.54, 1.807) is 17.2 Å². The van der Waals surface area contributed by atoms with Gasteiger partial charge < -0.3 is 9.64 Å². The van der Waals surface area contributed by atoms with E-state index in [1.807, 2.05) is 6.92 Å². The van der Waals surface area contributed by atoms with E-state index in [4.69, 9.17) is 4.74 Å². The molecule has 1 aromatic carbocycles. The molecule has 1 aliphatic rings. The lowest BCUT2D eigenvalue weighted by atomic mass is 10.0. The van der Waals surface area contributed by atoms with Crippen molar-refractivity contribution in [2.24, 2.45) is 0 Å². The Morgan fingerprint density at radius 3 is 2.87 bits per heavy atom. The molecule has 1 saturated heterocycles. The van der Waals surface area contributed by atoms with E-state index in [2.05, 4.69) is 4.98 Å². The van der Waals surface area contributed by atoms with Gasteiger partial charge in [-0.25, -0.2) is 13.6 Å². The third-order valence-corrected chi connectivity index (χ3v) is 3.85. The van der Waals surface area contributed by atoms with Crippen LogP contribution in [0.5, 0.6) is 0 Å². The maximum absolute atomic E-state index is 13.9. The molecule has 1 aromatic heterocycles. The Labute approximate surface area is 132 Å². The Morgan fingerprint density at radius 2 is 2.13 bits per heavy atom. The van der Waals surface area contributed by atoms with Crippen LogP contribution in [0.25, 0.3) is 11.1 Å². The van der Waals surface area contributed by atoms with Gasteiger partial charge in [0.25, 0.3) is 0 Å². The van der Waals surface area contributed by atoms with Crippen molar-refractivity contribution in [1.82, 2.24) is 9.88 Å². The van der Waals surface area contributed by atoms with Crippen LogP contribution in [0.15, 0.2) is 30.5 Å². The molecule has 1 fully saturated rings. The minimum atomic E-state index is -0.640. The summed E-state index contributed by atoms with van der Waals surface area (Å²) in [5.41, 5.74) is 2.40. The average Bonchev–Trinajstić information content (AvgIpc) is 2.52. The van der Waals surface area contributed by atoms with Gasteiger partial charge in [0.05, 0.1) is 13.2 Å². The summed E-state index contributed by atoms with van der Waals surface area (Å²) < 4.78 is 32.0. The third kappa shape index (κ3) is 3.31. The van der Waals surface area contributed by atoms with Gasteiger partial charge in [0.2, 0.25) is 0 Å². The lowest BCUT2D eigenvalue weighted by molar-refractivity contribution is 0.0699. The summed E-state index contributed by atoms with van der Waals surface area (Å²) in [6.07, 6.45) is 1.97. The fourth-order valence-corrected chi connectivity index (χ4v) is 2.56. The highest BCUT2D eigenvalue weighted by Crippen LogP contribution is 2.25. The molecule has 0 saturated carbocycles. The van der Waals surface area contributed by atoms with E-state index in [0.717, 1.165) is 23.7 Å². The van der Waals surface area contributed by atoms with Crippen molar-refractivity contribution in [2.75, 3.05) is 13.2 Å². The van der Waals surface area contributed by atoms with E-state index in [-0.39, 0.29) is 11.7 Å². The first-order valence-electron chi connectivity index (χ1n) is 7.37. The fourth-order valence-electron chi connectivity index (χ4n) is 2.56. The lowest BCUT2D eigenvalue weighted by Crippen LogP contribution is -2.37. The largest absolute Gasteiger partial charge is 0.449 e. The second kappa shape index (κ2) is 6.32. The molecule has 0 aliphatic carbocycles. The van der Waals surface area contributed by atoms with E-state index in [9.17, 15) is 13.6 Å². The predicted molar refractivity (Wildman–Crippen MR) is 80.7 cm³/mol. The van der Waals surface area contributed by atoms with Crippen LogP contribution >= 0.6 is 0 Å². The van der Waals surface area contributed by atoms with Gasteiger partial charge >= 0.3 is 6.09 Å². The molecular formula is C17H16F2N2O2. The maximum Gasteiger partial charge on any atom is 0.410 e. The third-order valence-electron chi connectivity index (χ3n) is 3.85. The summed E-state index contributed by atoms with van der Waals surface area (Å²) in [5, 5.41) is 0. The first-order chi connectivity index (χ1) is 11.0. The van der Waals surface area contributed by atoms with Gasteiger partial charge in [0.15, 0.2) is 0 Å². The number of ether oxygens (including phenoxy) is 1. The highest BCUT2D eigenvalue weighted by Gasteiger charge is 2.21. The maximum atomic E-state index is 13.9. The molecule has 2 aromatic rings. The van der Waals surface area contributed by atoms with E-state index < -0.39 is 11.6 Å². The first kappa shape index (κ1) is 15.4. The molecule has 0 N–H and O–H groups in total. The van der Waals surface area contributed by atoms with Crippen LogP contribution < -0.4 is 0 Å². The molecule has 0 bridgehead atoms. The summed E-state index contributed by atoms with van der Waals surface area (Å²) in [4.78, 5) is 17.6. The van der Waals surface area contributed by atoms with Gasteiger partial charge in [-0.15, -0.1) is 0 Å². The van der Waals surface area contributed by atoms with Crippen LogP contribution in [0.3, 0.4) is 0 Å². The molecule has 120 valence electrons. The second-order valence-electron chi connectivity index (χ2n) is 5.48. The molecule has 0 atom stereocenters. The van der Waals surface area contributed by atoms with Gasteiger partial charge in [-0.05, 0) is 37.1 Å². The Bertz CT molecular complexity index is 749. The number of aryl methyl sites for hydroxylation is 1. The molecule has 23 heavy (non-hydrogen) atoms. The van der Waals surface area contributed by atoms with Crippen LogP contribution in [0.4, 0.5) is 13.6 Å². The van der Waals surface area contributed by atoms with Crippen molar-refractivity contribution in [3.05, 3.63) is 53.4 Å². The number of rotatable bonds is 3. The monoisotopic (exact) mass is 318 g/mol. The van der Waals surface area contributed by atoms with Gasteiger partial charge in [-0.3, -0.25) is 4.98 Å². The van der Waals surface area contributed by atoms with Crippen LogP contribution in [0, 0.1) is 18.6 Å². The standard InChI is InChI=1S/C17H16F2N2O2/c1-11-13(10-21-5-2-6-23-17(21)22)7-12(9-20-11)15-4-3-14(18)8-16(15)19/h3-4,7-9H,2,5-6,10H2,1H3. The smallest absolute Gasteiger partial charge is 0.410 e. The summed E-state index contributed by atoms with van der Waals surface area (Å²) in [7, 11) is 0. The predicted octanol–water partition coefficient (Wildman–Crippen LogP) is 3.68. The second-order valence-corrected chi connectivity index (χ2v) is 5.48. The summed E-state index contributed by atoms with van der Waals surface area (Å²) in [5.74, 6) is -1.26. The Balaban J connectivity index is 1.91. The normalized spacial score (nSPS) is 14.7. The number of hydrogen-bond acceptors (Lipinski definition) is 3. The zero-order valence-corrected chi connectivity index (χ0v) is 12.7. The number of nitrogens with zero attached hydrogens (tertiary/aromatic N) is 2. The number of cyclic esters (lactones) is 1. The number of halogens is 2. The molecular weight excluding hydrogens is 302 g/mol. The first-order valence-corrected chi connectivity index (χ1v) is 7.37. The van der Waals surface area contributed by atoms with Crippen molar-refractivity contribution in [3.63, 3.8) is 0 Å². The molecule has 1 amide bonds. The minimum Gasteiger partial charge on any atom is -0.449 e. The molecule has 4 nitrogen and oxygen atoms in total. The van der Waals surface area contributed by atoms with Crippen LogP contribution in [0.1, 0.15) is 17.7 Å². The zero-order chi connectivity index (χ0) is 16.4. The number of amides is 1.